The maximum absolute atomic E-state index is 13.4. The number of hydrogen-bond donors (Lipinski definition) is 3. The van der Waals surface area contributed by atoms with Crippen molar-refractivity contribution in [3.63, 3.8) is 0 Å². The van der Waals surface area contributed by atoms with Gasteiger partial charge >= 0.3 is 0 Å². The van der Waals surface area contributed by atoms with Crippen LogP contribution in [0, 0.1) is 24.1 Å². The molecule has 0 bridgehead atoms. The van der Waals surface area contributed by atoms with Crippen LogP contribution >= 0.6 is 0 Å². The van der Waals surface area contributed by atoms with Gasteiger partial charge in [-0.2, -0.15) is 5.26 Å². The Balaban J connectivity index is 1.45. The molecule has 1 unspecified atom stereocenters. The van der Waals surface area contributed by atoms with Crippen LogP contribution < -0.4 is 16.0 Å². The molecule has 0 fully saturated rings. The van der Waals surface area contributed by atoms with Crippen molar-refractivity contribution in [2.24, 2.45) is 0 Å². The molecule has 10 heteroatoms. The van der Waals surface area contributed by atoms with Gasteiger partial charge in [0.05, 0.1) is 11.6 Å². The van der Waals surface area contributed by atoms with Gasteiger partial charge in [-0.05, 0) is 36.2 Å². The van der Waals surface area contributed by atoms with Gasteiger partial charge in [-0.25, -0.2) is 14.4 Å². The molecule has 1 aromatic heterocycles. The second-order valence-corrected chi connectivity index (χ2v) is 7.36. The summed E-state index contributed by atoms with van der Waals surface area (Å²) < 4.78 is 13.4. The summed E-state index contributed by atoms with van der Waals surface area (Å²) >= 11 is 0. The summed E-state index contributed by atoms with van der Waals surface area (Å²) in [4.78, 5) is 45.3. The summed E-state index contributed by atoms with van der Waals surface area (Å²) in [6.07, 6.45) is 1.08. The fourth-order valence-electron chi connectivity index (χ4n) is 3.38. The first-order valence-corrected chi connectivity index (χ1v) is 9.87. The molecular weight excluding hydrogens is 427 g/mol. The first kappa shape index (κ1) is 21.6. The molecule has 3 aromatic rings. The third-order valence-electron chi connectivity index (χ3n) is 5.10. The molecule has 0 aliphatic carbocycles. The van der Waals surface area contributed by atoms with Gasteiger partial charge in [0, 0.05) is 23.9 Å². The molecule has 164 valence electrons. The Morgan fingerprint density at radius 2 is 1.88 bits per heavy atom. The Labute approximate surface area is 187 Å². The Morgan fingerprint density at radius 3 is 2.61 bits per heavy atom. The molecule has 1 aliphatic heterocycles. The molecule has 33 heavy (non-hydrogen) atoms. The molecule has 0 saturated heterocycles. The van der Waals surface area contributed by atoms with Crippen molar-refractivity contribution in [3.8, 4) is 6.07 Å². The minimum absolute atomic E-state index is 0.0380. The number of halogens is 1. The molecule has 4 rings (SSSR count). The monoisotopic (exact) mass is 444 g/mol. The van der Waals surface area contributed by atoms with Crippen molar-refractivity contribution >= 4 is 23.4 Å². The van der Waals surface area contributed by atoms with Crippen LogP contribution in [0.25, 0.3) is 0 Å². The standard InChI is InChI=1S/C23H17FN6O3/c1-12-6-14(3-5-16(12)24)10-26-21(31)18-8-19(28-11-27-18)22(32)30-20-15-4-2-13(9-25)7-17(15)29-23(20)33/h2-8,11,20H,10H2,1H3,(H,26,31)(H,29,33)(H,30,32). The number of anilines is 1. The molecule has 3 amide bonds. The lowest BCUT2D eigenvalue weighted by Gasteiger charge is -2.12. The Morgan fingerprint density at radius 1 is 1.12 bits per heavy atom. The SMILES string of the molecule is Cc1cc(CNC(=O)c2cc(C(=O)NC3C(=O)Nc4cc(C#N)ccc43)ncn2)ccc1F. The minimum atomic E-state index is -0.964. The lowest BCUT2D eigenvalue weighted by atomic mass is 10.1. The van der Waals surface area contributed by atoms with E-state index in [1.807, 2.05) is 6.07 Å². The van der Waals surface area contributed by atoms with E-state index in [-0.39, 0.29) is 23.7 Å². The zero-order chi connectivity index (χ0) is 23.5. The Bertz CT molecular complexity index is 1330. The first-order chi connectivity index (χ1) is 15.9. The predicted molar refractivity (Wildman–Crippen MR) is 114 cm³/mol. The predicted octanol–water partition coefficient (Wildman–Crippen LogP) is 2.15. The largest absolute Gasteiger partial charge is 0.347 e. The number of carbonyl (C=O) groups is 3. The minimum Gasteiger partial charge on any atom is -0.347 e. The summed E-state index contributed by atoms with van der Waals surface area (Å²) in [6, 6.07) is 11.4. The van der Waals surface area contributed by atoms with Gasteiger partial charge in [0.15, 0.2) is 0 Å². The van der Waals surface area contributed by atoms with Crippen molar-refractivity contribution in [2.75, 3.05) is 5.32 Å². The van der Waals surface area contributed by atoms with Crippen molar-refractivity contribution in [3.05, 3.63) is 88.3 Å². The van der Waals surface area contributed by atoms with Crippen molar-refractivity contribution in [1.29, 1.82) is 5.26 Å². The number of aromatic nitrogens is 2. The number of amides is 3. The highest BCUT2D eigenvalue weighted by Gasteiger charge is 2.32. The van der Waals surface area contributed by atoms with E-state index in [4.69, 9.17) is 5.26 Å². The topological polar surface area (TPSA) is 137 Å². The molecule has 1 aliphatic rings. The van der Waals surface area contributed by atoms with E-state index in [9.17, 15) is 18.8 Å². The normalized spacial score (nSPS) is 14.1. The van der Waals surface area contributed by atoms with Crippen LogP contribution in [0.5, 0.6) is 0 Å². The van der Waals surface area contributed by atoms with Crippen molar-refractivity contribution in [1.82, 2.24) is 20.6 Å². The lowest BCUT2D eigenvalue weighted by molar-refractivity contribution is -0.117. The third kappa shape index (κ3) is 4.52. The molecular formula is C23H17FN6O3. The molecule has 0 saturated carbocycles. The average Bonchev–Trinajstić information content (AvgIpc) is 3.13. The van der Waals surface area contributed by atoms with Gasteiger partial charge in [0.1, 0.15) is 29.6 Å². The first-order valence-electron chi connectivity index (χ1n) is 9.87. The number of rotatable bonds is 5. The van der Waals surface area contributed by atoms with E-state index >= 15 is 0 Å². The molecule has 2 aromatic carbocycles. The van der Waals surface area contributed by atoms with Crippen LogP contribution in [0.15, 0.2) is 48.8 Å². The molecule has 0 radical (unpaired) electrons. The van der Waals surface area contributed by atoms with E-state index < -0.39 is 23.8 Å². The zero-order valence-electron chi connectivity index (χ0n) is 17.3. The summed E-state index contributed by atoms with van der Waals surface area (Å²) in [5.41, 5.74) is 2.39. The van der Waals surface area contributed by atoms with Gasteiger partial charge in [0.2, 0.25) is 0 Å². The summed E-state index contributed by atoms with van der Waals surface area (Å²) in [6.45, 7) is 1.77. The highest BCUT2D eigenvalue weighted by Crippen LogP contribution is 2.31. The van der Waals surface area contributed by atoms with E-state index in [0.717, 1.165) is 6.33 Å². The van der Waals surface area contributed by atoms with Crippen LogP contribution in [0.4, 0.5) is 10.1 Å². The maximum Gasteiger partial charge on any atom is 0.270 e. The molecule has 0 spiro atoms. The van der Waals surface area contributed by atoms with E-state index in [1.54, 1.807) is 31.2 Å². The molecule has 9 nitrogen and oxygen atoms in total. The lowest BCUT2D eigenvalue weighted by Crippen LogP contribution is -2.33. The zero-order valence-corrected chi connectivity index (χ0v) is 17.3. The van der Waals surface area contributed by atoms with Gasteiger partial charge in [0.25, 0.3) is 17.7 Å². The van der Waals surface area contributed by atoms with E-state index in [1.165, 1.54) is 18.2 Å². The second kappa shape index (κ2) is 8.84. The number of fused-ring (bicyclic) bond motifs is 1. The van der Waals surface area contributed by atoms with Crippen LogP contribution in [0.2, 0.25) is 0 Å². The number of hydrogen-bond acceptors (Lipinski definition) is 6. The number of nitriles is 1. The quantitative estimate of drug-likeness (QED) is 0.552. The van der Waals surface area contributed by atoms with Gasteiger partial charge in [-0.15, -0.1) is 0 Å². The number of carbonyl (C=O) groups excluding carboxylic acids is 3. The fraction of sp³-hybridized carbons (Fsp3) is 0.130. The average molecular weight is 444 g/mol. The summed E-state index contributed by atoms with van der Waals surface area (Å²) in [5.74, 6) is -1.99. The Hall–Kier alpha value is -4.65. The highest BCUT2D eigenvalue weighted by molar-refractivity contribution is 6.06. The van der Waals surface area contributed by atoms with Crippen LogP contribution in [-0.4, -0.2) is 27.7 Å². The molecule has 1 atom stereocenters. The highest BCUT2D eigenvalue weighted by atomic mass is 19.1. The smallest absolute Gasteiger partial charge is 0.270 e. The number of benzene rings is 2. The molecule has 3 N–H and O–H groups in total. The van der Waals surface area contributed by atoms with Gasteiger partial charge in [-0.1, -0.05) is 18.2 Å². The van der Waals surface area contributed by atoms with Crippen molar-refractivity contribution in [2.45, 2.75) is 19.5 Å². The fourth-order valence-corrected chi connectivity index (χ4v) is 3.38. The van der Waals surface area contributed by atoms with Crippen molar-refractivity contribution < 1.29 is 18.8 Å². The maximum atomic E-state index is 13.4. The van der Waals surface area contributed by atoms with E-state index in [2.05, 4.69) is 25.9 Å². The number of nitrogens with zero attached hydrogens (tertiary/aromatic N) is 3. The van der Waals surface area contributed by atoms with Crippen LogP contribution in [0.3, 0.4) is 0 Å². The van der Waals surface area contributed by atoms with Crippen LogP contribution in [-0.2, 0) is 11.3 Å². The third-order valence-corrected chi connectivity index (χ3v) is 5.10. The summed E-state index contributed by atoms with van der Waals surface area (Å²) in [5, 5.41) is 16.9. The Kier molecular flexibility index (Phi) is 5.78. The second-order valence-electron chi connectivity index (χ2n) is 7.36. The number of aryl methyl sites for hydroxylation is 1. The number of nitrogens with one attached hydrogen (secondary N) is 3. The summed E-state index contributed by atoms with van der Waals surface area (Å²) in [7, 11) is 0. The van der Waals surface area contributed by atoms with Gasteiger partial charge in [-0.3, -0.25) is 14.4 Å². The van der Waals surface area contributed by atoms with Gasteiger partial charge < -0.3 is 16.0 Å². The molecule has 2 heterocycles. The van der Waals surface area contributed by atoms with E-state index in [0.29, 0.717) is 27.9 Å². The van der Waals surface area contributed by atoms with Crippen LogP contribution in [0.1, 0.15) is 49.3 Å².